The van der Waals surface area contributed by atoms with Crippen LogP contribution in [-0.2, 0) is 16.0 Å². The Morgan fingerprint density at radius 3 is 2.58 bits per heavy atom. The van der Waals surface area contributed by atoms with Gasteiger partial charge in [0.15, 0.2) is 0 Å². The van der Waals surface area contributed by atoms with Crippen molar-refractivity contribution in [1.29, 1.82) is 0 Å². The van der Waals surface area contributed by atoms with Gasteiger partial charge in [-0.3, -0.25) is 9.59 Å². The van der Waals surface area contributed by atoms with Crippen molar-refractivity contribution in [3.05, 3.63) is 35.4 Å². The van der Waals surface area contributed by atoms with Crippen LogP contribution in [0.3, 0.4) is 0 Å². The quantitative estimate of drug-likeness (QED) is 0.841. The summed E-state index contributed by atoms with van der Waals surface area (Å²) in [5.74, 6) is -2.59. The molecule has 2 N–H and O–H groups in total. The van der Waals surface area contributed by atoms with E-state index in [0.29, 0.717) is 4.90 Å². The van der Waals surface area contributed by atoms with E-state index in [9.17, 15) is 27.6 Å². The minimum Gasteiger partial charge on any atom is -0.478 e. The highest BCUT2D eigenvalue weighted by molar-refractivity contribution is 5.93. The summed E-state index contributed by atoms with van der Waals surface area (Å²) in [4.78, 5) is 35.6. The van der Waals surface area contributed by atoms with Gasteiger partial charge in [-0.15, -0.1) is 0 Å². The van der Waals surface area contributed by atoms with E-state index >= 15 is 0 Å². The normalized spacial score (nSPS) is 17.9. The van der Waals surface area contributed by atoms with Crippen molar-refractivity contribution in [2.24, 2.45) is 0 Å². The molecule has 1 aliphatic heterocycles. The zero-order valence-corrected chi connectivity index (χ0v) is 12.5. The maximum absolute atomic E-state index is 12.3. The number of benzene rings is 1. The fraction of sp³-hybridized carbons (Fsp3) is 0.400. The minimum absolute atomic E-state index is 0.0379. The largest absolute Gasteiger partial charge is 0.478 e. The summed E-state index contributed by atoms with van der Waals surface area (Å²) < 4.78 is 37.0. The molecule has 1 atom stereocenters. The van der Waals surface area contributed by atoms with Crippen molar-refractivity contribution in [3.8, 4) is 0 Å². The molecule has 1 heterocycles. The van der Waals surface area contributed by atoms with Crippen LogP contribution in [0.4, 0.5) is 13.2 Å². The molecular weight excluding hydrogens is 329 g/mol. The maximum Gasteiger partial charge on any atom is 0.406 e. The second kappa shape index (κ2) is 6.90. The van der Waals surface area contributed by atoms with Gasteiger partial charge in [0.05, 0.1) is 12.0 Å². The number of carboxylic acids is 1. The van der Waals surface area contributed by atoms with Crippen LogP contribution in [0.25, 0.3) is 0 Å². The summed E-state index contributed by atoms with van der Waals surface area (Å²) in [6, 6.07) is 4.88. The molecule has 0 bridgehead atoms. The molecule has 24 heavy (non-hydrogen) atoms. The molecule has 1 unspecified atom stereocenters. The summed E-state index contributed by atoms with van der Waals surface area (Å²) in [5, 5.41) is 11.4. The number of rotatable bonds is 5. The van der Waals surface area contributed by atoms with Crippen molar-refractivity contribution in [3.63, 3.8) is 0 Å². The van der Waals surface area contributed by atoms with E-state index in [-0.39, 0.29) is 30.5 Å². The molecule has 9 heteroatoms. The Balaban J connectivity index is 1.97. The predicted molar refractivity (Wildman–Crippen MR) is 76.3 cm³/mol. The first-order valence-electron chi connectivity index (χ1n) is 7.13. The molecule has 0 radical (unpaired) electrons. The number of hydrogen-bond donors (Lipinski definition) is 2. The zero-order chi connectivity index (χ0) is 17.9. The van der Waals surface area contributed by atoms with E-state index < -0.39 is 36.5 Å². The Morgan fingerprint density at radius 2 is 1.96 bits per heavy atom. The van der Waals surface area contributed by atoms with E-state index in [4.69, 9.17) is 5.11 Å². The molecule has 130 valence electrons. The van der Waals surface area contributed by atoms with E-state index in [1.165, 1.54) is 18.2 Å². The van der Waals surface area contributed by atoms with Crippen LogP contribution in [0.5, 0.6) is 0 Å². The lowest BCUT2D eigenvalue weighted by Crippen LogP contribution is -2.44. The van der Waals surface area contributed by atoms with Crippen LogP contribution in [0, 0.1) is 0 Å². The first-order chi connectivity index (χ1) is 11.2. The van der Waals surface area contributed by atoms with E-state index in [1.807, 2.05) is 0 Å². The number of alkyl halides is 3. The van der Waals surface area contributed by atoms with Gasteiger partial charge in [-0.05, 0) is 18.1 Å². The molecule has 1 aliphatic rings. The third-order valence-corrected chi connectivity index (χ3v) is 3.60. The number of aromatic carboxylic acids is 1. The number of nitrogens with one attached hydrogen (secondary N) is 1. The molecule has 1 aromatic rings. The average Bonchev–Trinajstić information content (AvgIpc) is 2.78. The number of likely N-dealkylation sites (tertiary alicyclic amines) is 1. The molecular formula is C15H15F3N2O4. The summed E-state index contributed by atoms with van der Waals surface area (Å²) in [6.07, 6.45) is -4.68. The first-order valence-corrected chi connectivity index (χ1v) is 7.13. The molecule has 6 nitrogen and oxygen atoms in total. The third kappa shape index (κ3) is 4.46. The fourth-order valence-electron chi connectivity index (χ4n) is 2.55. The second-order valence-corrected chi connectivity index (χ2v) is 5.42. The topological polar surface area (TPSA) is 86.7 Å². The monoisotopic (exact) mass is 344 g/mol. The lowest BCUT2D eigenvalue weighted by Gasteiger charge is -2.18. The number of nitrogens with zero attached hydrogens (tertiary/aromatic N) is 1. The number of carbonyl (C=O) groups excluding carboxylic acids is 2. The molecule has 2 rings (SSSR count). The van der Waals surface area contributed by atoms with Gasteiger partial charge in [0.2, 0.25) is 11.8 Å². The molecule has 1 saturated heterocycles. The van der Waals surface area contributed by atoms with Gasteiger partial charge in [0, 0.05) is 6.54 Å². The summed E-state index contributed by atoms with van der Waals surface area (Å²) >= 11 is 0. The van der Waals surface area contributed by atoms with Crippen LogP contribution in [0.2, 0.25) is 0 Å². The number of amides is 2. The Labute approximate surface area is 135 Å². The smallest absolute Gasteiger partial charge is 0.406 e. The van der Waals surface area contributed by atoms with E-state index in [2.05, 4.69) is 5.32 Å². The van der Waals surface area contributed by atoms with Gasteiger partial charge < -0.3 is 15.3 Å². The van der Waals surface area contributed by atoms with E-state index in [1.54, 1.807) is 6.07 Å². The van der Waals surface area contributed by atoms with Gasteiger partial charge in [0.25, 0.3) is 0 Å². The zero-order valence-electron chi connectivity index (χ0n) is 12.5. The van der Waals surface area contributed by atoms with Crippen molar-refractivity contribution >= 4 is 17.8 Å². The molecule has 0 aliphatic carbocycles. The van der Waals surface area contributed by atoms with Crippen LogP contribution in [0.15, 0.2) is 24.3 Å². The van der Waals surface area contributed by atoms with Gasteiger partial charge in [-0.1, -0.05) is 18.2 Å². The number of carbonyl (C=O) groups is 3. The number of halogens is 3. The molecule has 1 aromatic carbocycles. The molecule has 1 fully saturated rings. The standard InChI is InChI=1S/C15H15F3N2O4/c16-15(17,18)8-20-6-5-11(13(20)22)19-12(21)7-9-3-1-2-4-10(9)14(23)24/h1-4,11H,5-8H2,(H,19,21)(H,23,24). The van der Waals surface area contributed by atoms with Crippen molar-refractivity contribution < 1.29 is 32.7 Å². The van der Waals surface area contributed by atoms with Crippen molar-refractivity contribution in [2.75, 3.05) is 13.1 Å². The number of hydrogen-bond acceptors (Lipinski definition) is 3. The first kappa shape index (κ1) is 17.8. The lowest BCUT2D eigenvalue weighted by atomic mass is 10.0. The van der Waals surface area contributed by atoms with Gasteiger partial charge in [-0.25, -0.2) is 4.79 Å². The van der Waals surface area contributed by atoms with E-state index in [0.717, 1.165) is 0 Å². The van der Waals surface area contributed by atoms with Crippen LogP contribution >= 0.6 is 0 Å². The van der Waals surface area contributed by atoms with Gasteiger partial charge in [0.1, 0.15) is 12.6 Å². The Bertz CT molecular complexity index is 660. The molecule has 0 aromatic heterocycles. The summed E-state index contributed by atoms with van der Waals surface area (Å²) in [5.41, 5.74) is 0.226. The second-order valence-electron chi connectivity index (χ2n) is 5.42. The maximum atomic E-state index is 12.3. The van der Waals surface area contributed by atoms with Crippen LogP contribution in [-0.4, -0.2) is 53.1 Å². The highest BCUT2D eigenvalue weighted by atomic mass is 19.4. The highest BCUT2D eigenvalue weighted by Crippen LogP contribution is 2.21. The van der Waals surface area contributed by atoms with Gasteiger partial charge >= 0.3 is 12.1 Å². The van der Waals surface area contributed by atoms with Crippen LogP contribution < -0.4 is 5.32 Å². The lowest BCUT2D eigenvalue weighted by molar-refractivity contribution is -0.158. The summed E-state index contributed by atoms with van der Waals surface area (Å²) in [6.45, 7) is -1.44. The Kier molecular flexibility index (Phi) is 5.10. The SMILES string of the molecule is O=C(Cc1ccccc1C(=O)O)NC1CCN(CC(F)(F)F)C1=O. The molecule has 0 spiro atoms. The van der Waals surface area contributed by atoms with Crippen LogP contribution in [0.1, 0.15) is 22.3 Å². The van der Waals surface area contributed by atoms with Crippen molar-refractivity contribution in [1.82, 2.24) is 10.2 Å². The Hall–Kier alpha value is -2.58. The fourth-order valence-corrected chi connectivity index (χ4v) is 2.55. The Morgan fingerprint density at radius 1 is 1.29 bits per heavy atom. The predicted octanol–water partition coefficient (Wildman–Crippen LogP) is 1.21. The molecule has 0 saturated carbocycles. The molecule has 2 amide bonds. The minimum atomic E-state index is -4.49. The third-order valence-electron chi connectivity index (χ3n) is 3.60. The van der Waals surface area contributed by atoms with Gasteiger partial charge in [-0.2, -0.15) is 13.2 Å². The van der Waals surface area contributed by atoms with Crippen molar-refractivity contribution in [2.45, 2.75) is 25.1 Å². The highest BCUT2D eigenvalue weighted by Gasteiger charge is 2.39. The number of carboxylic acid groups (broad SMARTS) is 1. The summed E-state index contributed by atoms with van der Waals surface area (Å²) in [7, 11) is 0. The average molecular weight is 344 g/mol.